The van der Waals surface area contributed by atoms with Gasteiger partial charge in [0.1, 0.15) is 5.75 Å². The molecule has 18 heavy (non-hydrogen) atoms. The molecule has 1 aromatic carbocycles. The van der Waals surface area contributed by atoms with Crippen molar-refractivity contribution in [2.24, 2.45) is 5.41 Å². The molecule has 1 fully saturated rings. The highest BCUT2D eigenvalue weighted by atomic mass is 79.9. The van der Waals surface area contributed by atoms with Gasteiger partial charge >= 0.3 is 0 Å². The van der Waals surface area contributed by atoms with Gasteiger partial charge in [0.15, 0.2) is 0 Å². The summed E-state index contributed by atoms with van der Waals surface area (Å²) in [6.45, 7) is 2.49. The molecule has 0 aliphatic heterocycles. The second kappa shape index (κ2) is 5.31. The fraction of sp³-hybridized carbons (Fsp3) is 0.500. The van der Waals surface area contributed by atoms with Gasteiger partial charge in [-0.15, -0.1) is 0 Å². The van der Waals surface area contributed by atoms with Crippen LogP contribution in [0, 0.1) is 12.3 Å². The minimum atomic E-state index is -0.183. The van der Waals surface area contributed by atoms with E-state index in [1.165, 1.54) is 12.8 Å². The number of para-hydroxylation sites is 1. The van der Waals surface area contributed by atoms with Crippen molar-refractivity contribution < 1.29 is 9.90 Å². The van der Waals surface area contributed by atoms with E-state index in [2.05, 4.69) is 21.2 Å². The third kappa shape index (κ3) is 2.86. The van der Waals surface area contributed by atoms with Gasteiger partial charge in [-0.3, -0.25) is 4.79 Å². The highest BCUT2D eigenvalue weighted by molar-refractivity contribution is 9.09. The maximum atomic E-state index is 12.0. The summed E-state index contributed by atoms with van der Waals surface area (Å²) in [6.07, 6.45) is 3.45. The lowest BCUT2D eigenvalue weighted by Gasteiger charge is -2.15. The maximum Gasteiger partial charge on any atom is 0.255 e. The minimum Gasteiger partial charge on any atom is -0.507 e. The summed E-state index contributed by atoms with van der Waals surface area (Å²) >= 11 is 3.45. The Morgan fingerprint density at radius 2 is 2.22 bits per heavy atom. The van der Waals surface area contributed by atoms with Crippen molar-refractivity contribution in [1.29, 1.82) is 0 Å². The van der Waals surface area contributed by atoms with E-state index in [-0.39, 0.29) is 11.7 Å². The number of rotatable bonds is 5. The number of halogens is 1. The zero-order chi connectivity index (χ0) is 13.2. The number of phenolic OH excluding ortho intramolecular Hbond substituents is 1. The number of phenols is 1. The molecular weight excluding hydrogens is 294 g/mol. The number of alkyl halides is 1. The van der Waals surface area contributed by atoms with E-state index >= 15 is 0 Å². The van der Waals surface area contributed by atoms with Crippen LogP contribution in [0.1, 0.15) is 35.2 Å². The van der Waals surface area contributed by atoms with Crippen LogP contribution in [0.5, 0.6) is 5.75 Å². The quantitative estimate of drug-likeness (QED) is 0.821. The largest absolute Gasteiger partial charge is 0.507 e. The first-order valence-electron chi connectivity index (χ1n) is 6.21. The summed E-state index contributed by atoms with van der Waals surface area (Å²) in [7, 11) is 0. The van der Waals surface area contributed by atoms with Gasteiger partial charge in [-0.1, -0.05) is 28.1 Å². The molecular formula is C14H18BrNO2. The van der Waals surface area contributed by atoms with Gasteiger partial charge in [0, 0.05) is 11.9 Å². The summed E-state index contributed by atoms with van der Waals surface area (Å²) in [5, 5.41) is 13.8. The molecule has 0 saturated heterocycles. The summed E-state index contributed by atoms with van der Waals surface area (Å²) in [6, 6.07) is 5.23. The number of benzene rings is 1. The predicted molar refractivity (Wildman–Crippen MR) is 75.3 cm³/mol. The average molecular weight is 312 g/mol. The van der Waals surface area contributed by atoms with Gasteiger partial charge in [-0.2, -0.15) is 0 Å². The van der Waals surface area contributed by atoms with Crippen LogP contribution < -0.4 is 5.32 Å². The maximum absolute atomic E-state index is 12.0. The second-order valence-electron chi connectivity index (χ2n) is 5.09. The van der Waals surface area contributed by atoms with Crippen molar-refractivity contribution in [2.75, 3.05) is 11.9 Å². The summed E-state index contributed by atoms with van der Waals surface area (Å²) < 4.78 is 0. The second-order valence-corrected chi connectivity index (χ2v) is 5.89. The summed E-state index contributed by atoms with van der Waals surface area (Å²) in [5.74, 6) is -0.0996. The first kappa shape index (κ1) is 13.4. The number of amides is 1. The first-order chi connectivity index (χ1) is 8.58. The van der Waals surface area contributed by atoms with Gasteiger partial charge in [-0.25, -0.2) is 0 Å². The van der Waals surface area contributed by atoms with Gasteiger partial charge in [-0.05, 0) is 43.2 Å². The molecule has 98 valence electrons. The lowest BCUT2D eigenvalue weighted by atomic mass is 10.0. The fourth-order valence-electron chi connectivity index (χ4n) is 2.10. The molecule has 0 aromatic heterocycles. The van der Waals surface area contributed by atoms with Crippen LogP contribution in [0.4, 0.5) is 0 Å². The zero-order valence-corrected chi connectivity index (χ0v) is 12.1. The van der Waals surface area contributed by atoms with Crippen molar-refractivity contribution in [3.8, 4) is 5.75 Å². The van der Waals surface area contributed by atoms with E-state index in [1.54, 1.807) is 25.1 Å². The molecule has 1 aromatic rings. The van der Waals surface area contributed by atoms with Crippen LogP contribution in [-0.4, -0.2) is 22.9 Å². The van der Waals surface area contributed by atoms with Crippen LogP contribution >= 0.6 is 15.9 Å². The standard InChI is InChI=1S/C14H18BrNO2/c1-10-3-2-4-11(12(10)17)13(18)16-9-14(5-6-14)7-8-15/h2-4,17H,5-9H2,1H3,(H,16,18). The smallest absolute Gasteiger partial charge is 0.255 e. The van der Waals surface area contributed by atoms with Crippen LogP contribution in [0.3, 0.4) is 0 Å². The summed E-state index contributed by atoms with van der Waals surface area (Å²) in [4.78, 5) is 12.0. The molecule has 1 saturated carbocycles. The van der Waals surface area contributed by atoms with Crippen LogP contribution in [-0.2, 0) is 0 Å². The van der Waals surface area contributed by atoms with Crippen LogP contribution in [0.2, 0.25) is 0 Å². The molecule has 1 aliphatic carbocycles. The molecule has 0 heterocycles. The molecule has 0 atom stereocenters. The van der Waals surface area contributed by atoms with Crippen LogP contribution in [0.25, 0.3) is 0 Å². The Hall–Kier alpha value is -1.03. The molecule has 1 aliphatic rings. The highest BCUT2D eigenvalue weighted by Gasteiger charge is 2.41. The molecule has 0 spiro atoms. The third-order valence-corrected chi connectivity index (χ3v) is 4.08. The number of aryl methyl sites for hydroxylation is 1. The fourth-order valence-corrected chi connectivity index (χ4v) is 2.94. The van der Waals surface area contributed by atoms with Crippen LogP contribution in [0.15, 0.2) is 18.2 Å². The van der Waals surface area contributed by atoms with Crippen molar-refractivity contribution in [3.63, 3.8) is 0 Å². The topological polar surface area (TPSA) is 49.3 Å². The molecule has 0 unspecified atom stereocenters. The SMILES string of the molecule is Cc1cccc(C(=O)NCC2(CCBr)CC2)c1O. The molecule has 1 amide bonds. The predicted octanol–water partition coefficient (Wildman–Crippen LogP) is 3.00. The number of carbonyl (C=O) groups excluding carboxylic acids is 1. The van der Waals surface area contributed by atoms with Gasteiger partial charge in [0.25, 0.3) is 5.91 Å². The van der Waals surface area contributed by atoms with Gasteiger partial charge in [0.05, 0.1) is 5.56 Å². The third-order valence-electron chi connectivity index (χ3n) is 3.69. The number of hydrogen-bond acceptors (Lipinski definition) is 2. The monoisotopic (exact) mass is 311 g/mol. The van der Waals surface area contributed by atoms with E-state index in [0.29, 0.717) is 17.5 Å². The van der Waals surface area contributed by atoms with E-state index in [9.17, 15) is 9.90 Å². The number of carbonyl (C=O) groups is 1. The Balaban J connectivity index is 1.98. The molecule has 0 bridgehead atoms. The lowest BCUT2D eigenvalue weighted by Crippen LogP contribution is -2.30. The minimum absolute atomic E-state index is 0.0836. The highest BCUT2D eigenvalue weighted by Crippen LogP contribution is 2.48. The Labute approximate surface area is 116 Å². The molecule has 0 radical (unpaired) electrons. The molecule has 2 N–H and O–H groups in total. The Bertz CT molecular complexity index is 455. The molecule has 3 nitrogen and oxygen atoms in total. The first-order valence-corrected chi connectivity index (χ1v) is 7.33. The van der Waals surface area contributed by atoms with E-state index in [1.807, 2.05) is 0 Å². The van der Waals surface area contributed by atoms with Gasteiger partial charge < -0.3 is 10.4 Å². The van der Waals surface area contributed by atoms with Crippen molar-refractivity contribution in [2.45, 2.75) is 26.2 Å². The number of hydrogen-bond donors (Lipinski definition) is 2. The normalized spacial score (nSPS) is 16.3. The van der Waals surface area contributed by atoms with E-state index in [4.69, 9.17) is 0 Å². The Morgan fingerprint density at radius 1 is 1.50 bits per heavy atom. The van der Waals surface area contributed by atoms with E-state index in [0.717, 1.165) is 17.3 Å². The van der Waals surface area contributed by atoms with Crippen molar-refractivity contribution in [3.05, 3.63) is 29.3 Å². The molecule has 4 heteroatoms. The van der Waals surface area contributed by atoms with Crippen molar-refractivity contribution in [1.82, 2.24) is 5.32 Å². The van der Waals surface area contributed by atoms with Gasteiger partial charge in [0.2, 0.25) is 0 Å². The Kier molecular flexibility index (Phi) is 3.95. The summed E-state index contributed by atoms with van der Waals surface area (Å²) in [5.41, 5.74) is 1.38. The number of aromatic hydroxyl groups is 1. The lowest BCUT2D eigenvalue weighted by molar-refractivity contribution is 0.0941. The number of nitrogens with one attached hydrogen (secondary N) is 1. The molecule has 2 rings (SSSR count). The Morgan fingerprint density at radius 3 is 2.83 bits per heavy atom. The van der Waals surface area contributed by atoms with Crippen molar-refractivity contribution >= 4 is 21.8 Å². The zero-order valence-electron chi connectivity index (χ0n) is 10.5. The average Bonchev–Trinajstić information content (AvgIpc) is 3.11. The van der Waals surface area contributed by atoms with E-state index < -0.39 is 0 Å².